The fourth-order valence-corrected chi connectivity index (χ4v) is 3.37. The molecule has 5 heteroatoms. The smallest absolute Gasteiger partial charge is 0.332 e. The van der Waals surface area contributed by atoms with Gasteiger partial charge in [0.1, 0.15) is 0 Å². The van der Waals surface area contributed by atoms with Crippen LogP contribution >= 0.6 is 0 Å². The summed E-state index contributed by atoms with van der Waals surface area (Å²) in [6.45, 7) is 2.32. The van der Waals surface area contributed by atoms with Crippen LogP contribution in [0.3, 0.4) is 0 Å². The molecule has 0 amide bonds. The van der Waals surface area contributed by atoms with Crippen LogP contribution in [0.5, 0.6) is 0 Å². The Kier molecular flexibility index (Phi) is 5.24. The lowest BCUT2D eigenvalue weighted by Gasteiger charge is -2.25. The summed E-state index contributed by atoms with van der Waals surface area (Å²) in [7, 11) is 4.11. The summed E-state index contributed by atoms with van der Waals surface area (Å²) in [5, 5.41) is 9.17. The molecule has 0 aliphatic carbocycles. The molecule has 2 aromatic heterocycles. The summed E-state index contributed by atoms with van der Waals surface area (Å²) in [5.41, 5.74) is 4.10. The topological polar surface area (TPSA) is 50.4 Å². The molecular weight excluding hydrogens is 314 g/mol. The van der Waals surface area contributed by atoms with E-state index in [-0.39, 0.29) is 0 Å². The van der Waals surface area contributed by atoms with Gasteiger partial charge < -0.3 is 14.2 Å². The minimum absolute atomic E-state index is 0.514. The maximum atomic E-state index is 11.2. The highest BCUT2D eigenvalue weighted by molar-refractivity contribution is 5.87. The predicted octanol–water partition coefficient (Wildman–Crippen LogP) is 2.90. The first-order valence-corrected chi connectivity index (χ1v) is 8.64. The molecule has 0 spiro atoms. The van der Waals surface area contributed by atoms with Crippen molar-refractivity contribution in [1.82, 2.24) is 14.0 Å². The van der Waals surface area contributed by atoms with Crippen LogP contribution in [-0.4, -0.2) is 44.7 Å². The van der Waals surface area contributed by atoms with Crippen molar-refractivity contribution >= 4 is 11.5 Å². The quantitative estimate of drug-likeness (QED) is 0.880. The van der Waals surface area contributed by atoms with Crippen molar-refractivity contribution in [3.8, 4) is 0 Å². The molecule has 3 heterocycles. The summed E-state index contributed by atoms with van der Waals surface area (Å²) in [4.78, 5) is 13.4. The van der Waals surface area contributed by atoms with E-state index in [2.05, 4.69) is 70.9 Å². The molecule has 1 aliphatic rings. The number of hydrogen-bond acceptors (Lipinski definition) is 2. The molecule has 0 saturated heterocycles. The van der Waals surface area contributed by atoms with Crippen molar-refractivity contribution in [2.24, 2.45) is 14.1 Å². The van der Waals surface area contributed by atoms with E-state index in [4.69, 9.17) is 5.11 Å². The highest BCUT2D eigenvalue weighted by Gasteiger charge is 2.17. The lowest BCUT2D eigenvalue weighted by Crippen LogP contribution is -2.32. The molecule has 0 fully saturated rings. The predicted molar refractivity (Wildman–Crippen MR) is 99.3 cm³/mol. The van der Waals surface area contributed by atoms with E-state index in [9.17, 15) is 4.79 Å². The van der Waals surface area contributed by atoms with Crippen molar-refractivity contribution in [3.63, 3.8) is 0 Å². The number of carboxylic acid groups (broad SMARTS) is 1. The van der Waals surface area contributed by atoms with Crippen LogP contribution in [0.25, 0.3) is 5.57 Å². The fourth-order valence-electron chi connectivity index (χ4n) is 3.37. The van der Waals surface area contributed by atoms with E-state index in [1.807, 2.05) is 6.08 Å². The zero-order valence-corrected chi connectivity index (χ0v) is 14.9. The number of rotatable bonds is 6. The van der Waals surface area contributed by atoms with Crippen LogP contribution in [-0.2, 0) is 18.9 Å². The minimum Gasteiger partial charge on any atom is -0.478 e. The van der Waals surface area contributed by atoms with Gasteiger partial charge in [-0.05, 0) is 37.1 Å². The average molecular weight is 339 g/mol. The van der Waals surface area contributed by atoms with Gasteiger partial charge in [0.2, 0.25) is 0 Å². The van der Waals surface area contributed by atoms with E-state index in [0.717, 1.165) is 25.9 Å². The Morgan fingerprint density at radius 2 is 1.80 bits per heavy atom. The summed E-state index contributed by atoms with van der Waals surface area (Å²) >= 11 is 0. The molecular formula is C20H25N3O2. The molecule has 132 valence electrons. The Bertz CT molecular complexity index is 768. The molecule has 5 nitrogen and oxygen atoms in total. The minimum atomic E-state index is -0.798. The summed E-state index contributed by atoms with van der Waals surface area (Å²) in [5.74, 6) is -0.798. The van der Waals surface area contributed by atoms with Crippen molar-refractivity contribution in [3.05, 3.63) is 65.8 Å². The van der Waals surface area contributed by atoms with Crippen LogP contribution in [0.2, 0.25) is 0 Å². The average Bonchev–Trinajstić information content (AvgIpc) is 3.21. The maximum absolute atomic E-state index is 11.2. The zero-order chi connectivity index (χ0) is 17.8. The van der Waals surface area contributed by atoms with Crippen molar-refractivity contribution in [1.29, 1.82) is 0 Å². The second-order valence-corrected chi connectivity index (χ2v) is 6.51. The number of aromatic nitrogens is 2. The normalized spacial score (nSPS) is 15.0. The monoisotopic (exact) mass is 339 g/mol. The van der Waals surface area contributed by atoms with Gasteiger partial charge in [0.25, 0.3) is 0 Å². The molecule has 1 N–H and O–H groups in total. The van der Waals surface area contributed by atoms with Crippen LogP contribution in [0.4, 0.5) is 0 Å². The standard InChI is InChI=1S/C20H25N3O2/c1-21-11-5-9-18(21)17(19-10-6-12-22(19)2)8-4-14-23-13-3-7-16(15-23)20(24)25/h5-12H,3-4,13-15H2,1-2H3,(H,24,25). The highest BCUT2D eigenvalue weighted by atomic mass is 16.4. The van der Waals surface area contributed by atoms with Gasteiger partial charge in [-0.3, -0.25) is 4.90 Å². The first-order chi connectivity index (χ1) is 12.1. The number of hydrogen-bond donors (Lipinski definition) is 1. The first kappa shape index (κ1) is 17.3. The molecule has 0 saturated carbocycles. The number of aryl methyl sites for hydroxylation is 2. The summed E-state index contributed by atoms with van der Waals surface area (Å²) < 4.78 is 4.26. The number of aliphatic carboxylic acids is 1. The summed E-state index contributed by atoms with van der Waals surface area (Å²) in [6, 6.07) is 8.37. The third kappa shape index (κ3) is 3.94. The third-order valence-corrected chi connectivity index (χ3v) is 4.74. The SMILES string of the molecule is Cn1cccc1C(=CCCN1CCC=C(C(=O)O)C1)c1cccn1C. The Hall–Kier alpha value is -2.53. The van der Waals surface area contributed by atoms with Crippen molar-refractivity contribution < 1.29 is 9.90 Å². The fraction of sp³-hybridized carbons (Fsp3) is 0.350. The Morgan fingerprint density at radius 3 is 2.32 bits per heavy atom. The van der Waals surface area contributed by atoms with Gasteiger partial charge in [0.05, 0.1) is 0 Å². The lowest BCUT2D eigenvalue weighted by atomic mass is 10.1. The lowest BCUT2D eigenvalue weighted by molar-refractivity contribution is -0.133. The third-order valence-electron chi connectivity index (χ3n) is 4.74. The largest absolute Gasteiger partial charge is 0.478 e. The summed E-state index contributed by atoms with van der Waals surface area (Å²) in [6.07, 6.45) is 9.92. The molecule has 0 unspecified atom stereocenters. The van der Waals surface area contributed by atoms with E-state index in [0.29, 0.717) is 12.1 Å². The Balaban J connectivity index is 1.74. The van der Waals surface area contributed by atoms with E-state index < -0.39 is 5.97 Å². The van der Waals surface area contributed by atoms with Gasteiger partial charge in [-0.1, -0.05) is 12.2 Å². The molecule has 0 bridgehead atoms. The molecule has 1 aliphatic heterocycles. The second kappa shape index (κ2) is 7.57. The van der Waals surface area contributed by atoms with Crippen LogP contribution < -0.4 is 0 Å². The second-order valence-electron chi connectivity index (χ2n) is 6.51. The van der Waals surface area contributed by atoms with Gasteiger partial charge >= 0.3 is 5.97 Å². The molecule has 0 atom stereocenters. The van der Waals surface area contributed by atoms with E-state index >= 15 is 0 Å². The number of carboxylic acids is 1. The van der Waals surface area contributed by atoms with Crippen LogP contribution in [0.1, 0.15) is 24.2 Å². The van der Waals surface area contributed by atoms with Gasteiger partial charge in [-0.2, -0.15) is 0 Å². The van der Waals surface area contributed by atoms with Gasteiger partial charge in [0.15, 0.2) is 0 Å². The number of carbonyl (C=O) groups is 1. The number of nitrogens with zero attached hydrogens (tertiary/aromatic N) is 3. The van der Waals surface area contributed by atoms with Crippen molar-refractivity contribution in [2.75, 3.05) is 19.6 Å². The molecule has 25 heavy (non-hydrogen) atoms. The Labute approximate surface area is 148 Å². The van der Waals surface area contributed by atoms with Gasteiger partial charge in [0, 0.05) is 68.7 Å². The molecule has 0 radical (unpaired) electrons. The Morgan fingerprint density at radius 1 is 1.16 bits per heavy atom. The van der Waals surface area contributed by atoms with E-state index in [1.54, 1.807) is 0 Å². The molecule has 0 aromatic carbocycles. The molecule has 3 rings (SSSR count). The highest BCUT2D eigenvalue weighted by Crippen LogP contribution is 2.24. The zero-order valence-electron chi connectivity index (χ0n) is 14.9. The molecule has 2 aromatic rings. The van der Waals surface area contributed by atoms with Gasteiger partial charge in [-0.15, -0.1) is 0 Å². The maximum Gasteiger partial charge on any atom is 0.332 e. The van der Waals surface area contributed by atoms with Crippen LogP contribution in [0, 0.1) is 0 Å². The van der Waals surface area contributed by atoms with Gasteiger partial charge in [-0.25, -0.2) is 4.79 Å². The van der Waals surface area contributed by atoms with Crippen LogP contribution in [0.15, 0.2) is 54.4 Å². The first-order valence-electron chi connectivity index (χ1n) is 8.64. The van der Waals surface area contributed by atoms with Crippen molar-refractivity contribution in [2.45, 2.75) is 12.8 Å². The van der Waals surface area contributed by atoms with E-state index in [1.165, 1.54) is 17.0 Å².